The fourth-order valence-corrected chi connectivity index (χ4v) is 4.87. The summed E-state index contributed by atoms with van der Waals surface area (Å²) < 4.78 is 29.0. The number of sulfone groups is 1. The average molecular weight is 309 g/mol. The number of benzene rings is 1. The smallest absolute Gasteiger partial charge is 0.150 e. The van der Waals surface area contributed by atoms with Crippen LogP contribution in [0.15, 0.2) is 24.3 Å². The summed E-state index contributed by atoms with van der Waals surface area (Å²) in [5, 5.41) is 3.32. The van der Waals surface area contributed by atoms with Gasteiger partial charge in [0.25, 0.3) is 0 Å². The van der Waals surface area contributed by atoms with Crippen molar-refractivity contribution in [2.75, 3.05) is 18.6 Å². The molecule has 1 heterocycles. The van der Waals surface area contributed by atoms with Crippen molar-refractivity contribution in [1.29, 1.82) is 0 Å². The van der Waals surface area contributed by atoms with Crippen LogP contribution in [0, 0.1) is 5.92 Å². The molecule has 116 valence electrons. The first-order valence-electron chi connectivity index (χ1n) is 7.70. The molecular weight excluding hydrogens is 286 g/mol. The molecule has 2 atom stereocenters. The fraction of sp³-hybridized carbons (Fsp3) is 0.625. The molecule has 1 aliphatic heterocycles. The highest BCUT2D eigenvalue weighted by Crippen LogP contribution is 2.32. The molecule has 0 radical (unpaired) electrons. The van der Waals surface area contributed by atoms with Gasteiger partial charge in [-0.1, -0.05) is 12.1 Å². The summed E-state index contributed by atoms with van der Waals surface area (Å²) in [6.45, 7) is 0. The molecule has 5 heteroatoms. The van der Waals surface area contributed by atoms with Gasteiger partial charge in [0.05, 0.1) is 17.6 Å². The maximum atomic E-state index is 11.6. The first kappa shape index (κ1) is 14.9. The van der Waals surface area contributed by atoms with Gasteiger partial charge < -0.3 is 10.1 Å². The maximum Gasteiger partial charge on any atom is 0.150 e. The quantitative estimate of drug-likeness (QED) is 0.876. The van der Waals surface area contributed by atoms with Gasteiger partial charge in [0.15, 0.2) is 9.84 Å². The van der Waals surface area contributed by atoms with E-state index < -0.39 is 9.84 Å². The average Bonchev–Trinajstić information content (AvgIpc) is 3.19. The second kappa shape index (κ2) is 5.97. The molecule has 0 spiro atoms. The Bertz CT molecular complexity index is 595. The molecule has 2 fully saturated rings. The second-order valence-corrected chi connectivity index (χ2v) is 8.46. The minimum absolute atomic E-state index is 0.186. The number of hydrogen-bond acceptors (Lipinski definition) is 4. The minimum Gasteiger partial charge on any atom is -0.490 e. The van der Waals surface area contributed by atoms with E-state index in [0.29, 0.717) is 17.6 Å². The Morgan fingerprint density at radius 2 is 2.14 bits per heavy atom. The van der Waals surface area contributed by atoms with Crippen molar-refractivity contribution < 1.29 is 13.2 Å². The third kappa shape index (κ3) is 3.98. The lowest BCUT2D eigenvalue weighted by atomic mass is 9.94. The molecule has 1 N–H and O–H groups in total. The van der Waals surface area contributed by atoms with Crippen molar-refractivity contribution in [1.82, 2.24) is 5.32 Å². The van der Waals surface area contributed by atoms with E-state index in [2.05, 4.69) is 17.4 Å². The Morgan fingerprint density at radius 3 is 2.76 bits per heavy atom. The van der Waals surface area contributed by atoms with Gasteiger partial charge in [0.1, 0.15) is 5.75 Å². The van der Waals surface area contributed by atoms with Crippen LogP contribution in [0.1, 0.15) is 37.3 Å². The molecule has 1 saturated carbocycles. The number of rotatable bonds is 6. The molecule has 3 rings (SSSR count). The highest BCUT2D eigenvalue weighted by molar-refractivity contribution is 7.91. The molecule has 0 amide bonds. The van der Waals surface area contributed by atoms with Gasteiger partial charge in [-0.15, -0.1) is 0 Å². The van der Waals surface area contributed by atoms with Gasteiger partial charge in [0.2, 0.25) is 0 Å². The summed E-state index contributed by atoms with van der Waals surface area (Å²) in [4.78, 5) is 0. The van der Waals surface area contributed by atoms with E-state index in [9.17, 15) is 8.42 Å². The summed E-state index contributed by atoms with van der Waals surface area (Å²) in [6.07, 6.45) is 4.36. The van der Waals surface area contributed by atoms with Crippen molar-refractivity contribution in [3.05, 3.63) is 29.8 Å². The SMILES string of the molecule is CNC(CC1CCS(=O)(=O)C1)c1cccc(OC2CC2)c1. The van der Waals surface area contributed by atoms with Gasteiger partial charge in [-0.05, 0) is 56.3 Å². The van der Waals surface area contributed by atoms with Crippen molar-refractivity contribution in [3.8, 4) is 5.75 Å². The topological polar surface area (TPSA) is 55.4 Å². The monoisotopic (exact) mass is 309 g/mol. The van der Waals surface area contributed by atoms with Crippen LogP contribution in [0.5, 0.6) is 5.75 Å². The molecule has 0 aromatic heterocycles. The van der Waals surface area contributed by atoms with Gasteiger partial charge >= 0.3 is 0 Å². The molecule has 1 aliphatic carbocycles. The normalized spacial score (nSPS) is 25.7. The van der Waals surface area contributed by atoms with E-state index in [4.69, 9.17) is 4.74 Å². The van der Waals surface area contributed by atoms with E-state index in [1.807, 2.05) is 19.2 Å². The van der Waals surface area contributed by atoms with Crippen LogP contribution in [0.25, 0.3) is 0 Å². The van der Waals surface area contributed by atoms with Crippen LogP contribution in [0.2, 0.25) is 0 Å². The predicted molar refractivity (Wildman–Crippen MR) is 83.3 cm³/mol. The fourth-order valence-electron chi connectivity index (χ4n) is 2.99. The van der Waals surface area contributed by atoms with Crippen molar-refractivity contribution in [3.63, 3.8) is 0 Å². The first-order valence-corrected chi connectivity index (χ1v) is 9.52. The van der Waals surface area contributed by atoms with Crippen LogP contribution in [-0.2, 0) is 9.84 Å². The lowest BCUT2D eigenvalue weighted by Crippen LogP contribution is -2.20. The number of hydrogen-bond donors (Lipinski definition) is 1. The molecule has 1 saturated heterocycles. The van der Waals surface area contributed by atoms with Crippen LogP contribution in [0.4, 0.5) is 0 Å². The Balaban J connectivity index is 1.67. The van der Waals surface area contributed by atoms with E-state index >= 15 is 0 Å². The summed E-state index contributed by atoms with van der Waals surface area (Å²) in [5.74, 6) is 1.87. The van der Waals surface area contributed by atoms with Crippen LogP contribution < -0.4 is 10.1 Å². The lowest BCUT2D eigenvalue weighted by molar-refractivity contribution is 0.302. The van der Waals surface area contributed by atoms with Crippen molar-refractivity contribution in [2.45, 2.75) is 37.8 Å². The van der Waals surface area contributed by atoms with E-state index in [1.165, 1.54) is 5.56 Å². The molecule has 2 aliphatic rings. The summed E-state index contributed by atoms with van der Waals surface area (Å²) in [7, 11) is -0.867. The molecule has 1 aromatic rings. The van der Waals surface area contributed by atoms with E-state index in [-0.39, 0.29) is 12.0 Å². The Labute approximate surface area is 126 Å². The Hall–Kier alpha value is -1.07. The maximum absolute atomic E-state index is 11.6. The zero-order valence-electron chi connectivity index (χ0n) is 12.4. The summed E-state index contributed by atoms with van der Waals surface area (Å²) in [6, 6.07) is 8.37. The van der Waals surface area contributed by atoms with E-state index in [0.717, 1.165) is 31.4 Å². The largest absolute Gasteiger partial charge is 0.490 e. The summed E-state index contributed by atoms with van der Waals surface area (Å²) in [5.41, 5.74) is 1.18. The van der Waals surface area contributed by atoms with Gasteiger partial charge in [-0.25, -0.2) is 8.42 Å². The third-order valence-electron chi connectivity index (χ3n) is 4.33. The molecule has 0 bridgehead atoms. The molecule has 2 unspecified atom stereocenters. The van der Waals surface area contributed by atoms with Crippen LogP contribution >= 0.6 is 0 Å². The third-order valence-corrected chi connectivity index (χ3v) is 6.17. The Morgan fingerprint density at radius 1 is 1.33 bits per heavy atom. The van der Waals surface area contributed by atoms with E-state index in [1.54, 1.807) is 0 Å². The highest BCUT2D eigenvalue weighted by Gasteiger charge is 2.30. The number of nitrogens with one attached hydrogen (secondary N) is 1. The molecule has 1 aromatic carbocycles. The van der Waals surface area contributed by atoms with Gasteiger partial charge in [0, 0.05) is 6.04 Å². The molecule has 21 heavy (non-hydrogen) atoms. The second-order valence-electron chi connectivity index (χ2n) is 6.24. The van der Waals surface area contributed by atoms with Crippen LogP contribution in [0.3, 0.4) is 0 Å². The molecular formula is C16H23NO3S. The highest BCUT2D eigenvalue weighted by atomic mass is 32.2. The Kier molecular flexibility index (Phi) is 4.22. The summed E-state index contributed by atoms with van der Waals surface area (Å²) >= 11 is 0. The first-order chi connectivity index (χ1) is 10.1. The zero-order chi connectivity index (χ0) is 14.9. The van der Waals surface area contributed by atoms with Crippen molar-refractivity contribution >= 4 is 9.84 Å². The molecule has 4 nitrogen and oxygen atoms in total. The van der Waals surface area contributed by atoms with Crippen molar-refractivity contribution in [2.24, 2.45) is 5.92 Å². The standard InChI is InChI=1S/C16H23NO3S/c1-17-16(9-12-7-8-21(18,19)11-12)13-3-2-4-15(10-13)20-14-5-6-14/h2-4,10,12,14,16-17H,5-9,11H2,1H3. The zero-order valence-corrected chi connectivity index (χ0v) is 13.2. The lowest BCUT2D eigenvalue weighted by Gasteiger charge is -2.20. The van der Waals surface area contributed by atoms with Gasteiger partial charge in [-0.2, -0.15) is 0 Å². The predicted octanol–water partition coefficient (Wildman–Crippen LogP) is 2.31. The van der Waals surface area contributed by atoms with Crippen LogP contribution in [-0.4, -0.2) is 33.1 Å². The van der Waals surface area contributed by atoms with Gasteiger partial charge in [-0.3, -0.25) is 0 Å². The minimum atomic E-state index is -2.80. The number of ether oxygens (including phenoxy) is 1.